The highest BCUT2D eigenvalue weighted by atomic mass is 16.7. The minimum Gasteiger partial charge on any atom is -0.491 e. The van der Waals surface area contributed by atoms with Crippen LogP contribution in [-0.2, 0) is 56.8 Å². The molecule has 0 aromatic heterocycles. The molecule has 32 heteroatoms. The lowest BCUT2D eigenvalue weighted by molar-refractivity contribution is -0.302. The number of aliphatic hydroxyl groups excluding tert-OH is 16. The first-order valence-corrected chi connectivity index (χ1v) is 32.1. The second-order valence-corrected chi connectivity index (χ2v) is 23.0. The molecule has 4 aliphatic heterocycles. The summed E-state index contributed by atoms with van der Waals surface area (Å²) in [6, 6.07) is 29.7. The van der Waals surface area contributed by atoms with Crippen molar-refractivity contribution >= 4 is 11.1 Å². The van der Waals surface area contributed by atoms with Gasteiger partial charge < -0.3 is 157 Å². The van der Waals surface area contributed by atoms with E-state index in [0.717, 1.165) is 33.4 Å². The molecule has 0 saturated carbocycles. The van der Waals surface area contributed by atoms with E-state index >= 15 is 0 Å². The Hall–Kier alpha value is -5.30. The molecule has 20 atom stereocenters. The third kappa shape index (κ3) is 21.9. The van der Waals surface area contributed by atoms with Crippen LogP contribution in [0.5, 0.6) is 23.0 Å². The van der Waals surface area contributed by atoms with Crippen LogP contribution in [0, 0.1) is 0 Å². The molecule has 548 valence electrons. The van der Waals surface area contributed by atoms with Crippen molar-refractivity contribution in [3.8, 4) is 23.0 Å². The molecule has 4 heterocycles. The second-order valence-electron chi connectivity index (χ2n) is 23.0. The Morgan fingerprint density at radius 3 is 0.602 bits per heavy atom. The molecule has 0 unspecified atom stereocenters. The predicted molar refractivity (Wildman–Crippen MR) is 335 cm³/mol. The van der Waals surface area contributed by atoms with Crippen molar-refractivity contribution in [3.63, 3.8) is 0 Å². The molecule has 4 fully saturated rings. The normalized spacial score (nSPS) is 30.4. The first-order chi connectivity index (χ1) is 47.5. The Kier molecular flexibility index (Phi) is 32.3. The van der Waals surface area contributed by atoms with Crippen LogP contribution in [0.2, 0.25) is 0 Å². The number of hydrogen-bond donors (Lipinski definition) is 16. The predicted octanol–water partition coefficient (Wildman–Crippen LogP) is -4.46. The van der Waals surface area contributed by atoms with E-state index in [0.29, 0.717) is 23.0 Å². The highest BCUT2D eigenvalue weighted by Crippen LogP contribution is 2.39. The molecule has 8 rings (SSSR count). The molecule has 4 aromatic carbocycles. The zero-order valence-corrected chi connectivity index (χ0v) is 53.6. The molecule has 0 bridgehead atoms. The zero-order chi connectivity index (χ0) is 70.1. The van der Waals surface area contributed by atoms with Gasteiger partial charge in [-0.1, -0.05) is 48.5 Å². The third-order valence-corrected chi connectivity index (χ3v) is 16.2. The van der Waals surface area contributed by atoms with Gasteiger partial charge in [0.15, 0.2) is 25.2 Å². The van der Waals surface area contributed by atoms with Gasteiger partial charge in [-0.25, -0.2) is 0 Å². The van der Waals surface area contributed by atoms with E-state index in [4.69, 9.17) is 75.8 Å². The summed E-state index contributed by atoms with van der Waals surface area (Å²) in [5, 5.41) is 160. The van der Waals surface area contributed by atoms with Crippen LogP contribution in [-0.4, -0.2) is 337 Å². The summed E-state index contributed by atoms with van der Waals surface area (Å²) in [5.74, 6) is 2.06. The van der Waals surface area contributed by atoms with Crippen LogP contribution < -0.4 is 18.9 Å². The molecule has 16 N–H and O–H groups in total. The van der Waals surface area contributed by atoms with Gasteiger partial charge >= 0.3 is 0 Å². The van der Waals surface area contributed by atoms with E-state index in [1.54, 1.807) is 0 Å². The Bertz CT molecular complexity index is 2500. The highest BCUT2D eigenvalue weighted by molar-refractivity contribution is 6.04. The lowest BCUT2D eigenvalue weighted by Gasteiger charge is -2.39. The molecule has 0 radical (unpaired) electrons. The average Bonchev–Trinajstić information content (AvgIpc) is 0.774. The maximum Gasteiger partial charge on any atom is 0.186 e. The van der Waals surface area contributed by atoms with Crippen LogP contribution in [0.4, 0.5) is 0 Å². The summed E-state index contributed by atoms with van der Waals surface area (Å²) in [7, 11) is 0. The summed E-state index contributed by atoms with van der Waals surface area (Å²) < 4.78 is 90.6. The molecule has 4 saturated heterocycles. The van der Waals surface area contributed by atoms with E-state index in [1.165, 1.54) is 0 Å². The Morgan fingerprint density at radius 1 is 0.235 bits per heavy atom. The fraction of sp³-hybridized carbons (Fsp3) is 0.606. The van der Waals surface area contributed by atoms with Gasteiger partial charge in [0.1, 0.15) is 147 Å². The van der Waals surface area contributed by atoms with Gasteiger partial charge in [0, 0.05) is 0 Å². The quantitative estimate of drug-likeness (QED) is 0.0148. The van der Waals surface area contributed by atoms with Crippen molar-refractivity contribution < 1.29 is 157 Å². The molecule has 0 aliphatic carbocycles. The maximum atomic E-state index is 10.3. The van der Waals surface area contributed by atoms with Gasteiger partial charge in [0.05, 0.1) is 106 Å². The van der Waals surface area contributed by atoms with Crippen molar-refractivity contribution in [1.29, 1.82) is 0 Å². The molecule has 0 spiro atoms. The van der Waals surface area contributed by atoms with Crippen LogP contribution in [0.25, 0.3) is 11.1 Å². The van der Waals surface area contributed by atoms with Gasteiger partial charge in [-0.15, -0.1) is 0 Å². The number of rotatable bonds is 40. The average molecular weight is 1400 g/mol. The Labute approximate surface area is 564 Å². The van der Waals surface area contributed by atoms with Crippen LogP contribution >= 0.6 is 0 Å². The monoisotopic (exact) mass is 1400 g/mol. The van der Waals surface area contributed by atoms with Crippen LogP contribution in [0.15, 0.2) is 97.1 Å². The summed E-state index contributed by atoms with van der Waals surface area (Å²) in [6.45, 7) is -1.21. The number of aliphatic hydroxyl groups is 16. The van der Waals surface area contributed by atoms with Crippen molar-refractivity contribution in [2.75, 3.05) is 132 Å². The van der Waals surface area contributed by atoms with E-state index in [2.05, 4.69) is 0 Å². The van der Waals surface area contributed by atoms with E-state index in [-0.39, 0.29) is 106 Å². The van der Waals surface area contributed by atoms with Gasteiger partial charge in [0.25, 0.3) is 0 Å². The minimum absolute atomic E-state index is 0.0451. The molecule has 98 heavy (non-hydrogen) atoms. The smallest absolute Gasteiger partial charge is 0.186 e. The van der Waals surface area contributed by atoms with Crippen LogP contribution in [0.1, 0.15) is 22.3 Å². The van der Waals surface area contributed by atoms with Gasteiger partial charge in [-0.2, -0.15) is 0 Å². The number of ether oxygens (including phenoxy) is 16. The van der Waals surface area contributed by atoms with Crippen LogP contribution in [0.3, 0.4) is 0 Å². The van der Waals surface area contributed by atoms with Gasteiger partial charge in [-0.05, 0) is 81.9 Å². The summed E-state index contributed by atoms with van der Waals surface area (Å²) >= 11 is 0. The SMILES string of the molecule is OC[C@H]1O[C@H](OCCOCCOc2ccc(C(=C(c3ccc(OCCOCCO[C@H]4O[C@H](CO)[C@@H](O)[C@H](O)[C@@H]4O)cc3)c3ccc(OCCOCCO[C@H]4O[C@H](CO)[C@@H](O)[C@H](O)[C@@H]4O)cc3)c3ccc(OCCOCCO[C@H]4O[C@H](CO)[C@@H](O)[C@H](O)[C@@H]4O)cc3)cc2)[C@@H](O)[C@@H](O)[C@@H]1O. The minimum atomic E-state index is -1.58. The topological polar surface area (TPSA) is 471 Å². The largest absolute Gasteiger partial charge is 0.491 e. The summed E-state index contributed by atoms with van der Waals surface area (Å²) in [4.78, 5) is 0. The van der Waals surface area contributed by atoms with Crippen molar-refractivity contribution in [3.05, 3.63) is 119 Å². The standard InChI is InChI=1S/C66H92O32/c67-33-45-51(71)55(75)59(79)63(95-45)91-29-21-83-17-25-87-41-9-1-37(2-10-41)49(38-3-11-42(12-4-38)88-26-18-84-22-30-92-64-60(80)56(76)52(72)46(34-68)96-64)50(39-5-13-43(14-6-39)89-27-19-85-23-31-93-65-61(81)57(77)53(73)47(35-69)97-65)40-7-15-44(16-8-40)90-28-20-86-24-32-94-66-62(82)58(78)54(74)48(36-70)98-66/h1-16,45-48,51-82H,17-36H2/t45-,46-,47-,48-,51-,52-,53-,54-,55+,56+,57+,58+,59+,60+,61+,62+,63+,64+,65+,66+/m1/s1. The third-order valence-electron chi connectivity index (χ3n) is 16.2. The maximum absolute atomic E-state index is 10.3. The van der Waals surface area contributed by atoms with Crippen molar-refractivity contribution in [1.82, 2.24) is 0 Å². The lowest BCUT2D eigenvalue weighted by atomic mass is 9.85. The van der Waals surface area contributed by atoms with Crippen molar-refractivity contribution in [2.45, 2.75) is 123 Å². The Morgan fingerprint density at radius 2 is 0.418 bits per heavy atom. The molecule has 32 nitrogen and oxygen atoms in total. The van der Waals surface area contributed by atoms with Gasteiger partial charge in [0.2, 0.25) is 0 Å². The van der Waals surface area contributed by atoms with Crippen molar-refractivity contribution in [2.24, 2.45) is 0 Å². The summed E-state index contributed by atoms with van der Waals surface area (Å²) in [5.41, 5.74) is 4.61. The molecule has 0 amide bonds. The summed E-state index contributed by atoms with van der Waals surface area (Å²) in [6.07, 6.45) is -28.3. The number of hydrogen-bond acceptors (Lipinski definition) is 32. The fourth-order valence-electron chi connectivity index (χ4n) is 10.8. The van der Waals surface area contributed by atoms with E-state index < -0.39 is 149 Å². The lowest BCUT2D eigenvalue weighted by Crippen LogP contribution is -2.59. The fourth-order valence-corrected chi connectivity index (χ4v) is 10.8. The molecular formula is C66H92O32. The van der Waals surface area contributed by atoms with E-state index in [1.807, 2.05) is 97.1 Å². The highest BCUT2D eigenvalue weighted by Gasteiger charge is 2.47. The van der Waals surface area contributed by atoms with Gasteiger partial charge in [-0.3, -0.25) is 0 Å². The molecular weight excluding hydrogens is 1300 g/mol. The molecule has 4 aliphatic rings. The Balaban J connectivity index is 0.951. The molecule has 4 aromatic rings. The first-order valence-electron chi connectivity index (χ1n) is 32.1. The first kappa shape index (κ1) is 78.4. The second kappa shape index (κ2) is 40.4. The van der Waals surface area contributed by atoms with E-state index in [9.17, 15) is 81.7 Å². The zero-order valence-electron chi connectivity index (χ0n) is 53.6. The number of benzene rings is 4.